The molecule has 12 rings (SSSR count). The molecule has 0 unspecified atom stereocenters. The second-order valence-electron chi connectivity index (χ2n) is 14.5. The van der Waals surface area contributed by atoms with Gasteiger partial charge in [-0.3, -0.25) is 0 Å². The number of anilines is 3. The van der Waals surface area contributed by atoms with Gasteiger partial charge in [0.2, 0.25) is 0 Å². The molecule has 3 heterocycles. The van der Waals surface area contributed by atoms with Gasteiger partial charge in [0.05, 0.1) is 0 Å². The second-order valence-corrected chi connectivity index (χ2v) is 15.5. The van der Waals surface area contributed by atoms with Crippen molar-refractivity contribution < 1.29 is 8.83 Å². The van der Waals surface area contributed by atoms with Gasteiger partial charge < -0.3 is 13.7 Å². The zero-order chi connectivity index (χ0) is 36.7. The molecular weight excluding hydrogens is 703 g/mol. The van der Waals surface area contributed by atoms with Crippen LogP contribution in [0.2, 0.25) is 0 Å². The molecule has 12 aromatic rings. The number of benzene rings is 9. The first kappa shape index (κ1) is 31.2. The van der Waals surface area contributed by atoms with E-state index in [2.05, 4.69) is 181 Å². The molecule has 262 valence electrons. The Bertz CT molecular complexity index is 3480. The van der Waals surface area contributed by atoms with Crippen LogP contribution in [0.25, 0.3) is 97.1 Å². The van der Waals surface area contributed by atoms with Crippen molar-refractivity contribution in [2.75, 3.05) is 4.90 Å². The van der Waals surface area contributed by atoms with E-state index in [4.69, 9.17) is 8.83 Å². The Hall–Kier alpha value is -7.14. The van der Waals surface area contributed by atoms with Crippen LogP contribution < -0.4 is 4.90 Å². The van der Waals surface area contributed by atoms with Gasteiger partial charge in [0, 0.05) is 70.2 Å². The van der Waals surface area contributed by atoms with Gasteiger partial charge >= 0.3 is 0 Å². The zero-order valence-corrected chi connectivity index (χ0v) is 30.9. The normalized spacial score (nSPS) is 11.9. The van der Waals surface area contributed by atoms with Crippen LogP contribution in [0.3, 0.4) is 0 Å². The van der Waals surface area contributed by atoms with E-state index in [0.717, 1.165) is 77.5 Å². The second kappa shape index (κ2) is 12.2. The summed E-state index contributed by atoms with van der Waals surface area (Å²) in [4.78, 5) is 2.32. The van der Waals surface area contributed by atoms with Gasteiger partial charge in [-0.15, -0.1) is 11.3 Å². The molecule has 3 aromatic heterocycles. The Morgan fingerprint density at radius 2 is 1.00 bits per heavy atom. The molecular formula is C52H31NO2S. The average Bonchev–Trinajstić information content (AvgIpc) is 3.95. The molecule has 0 atom stereocenters. The molecule has 0 spiro atoms. The first-order valence-electron chi connectivity index (χ1n) is 18.9. The van der Waals surface area contributed by atoms with Crippen LogP contribution in [-0.4, -0.2) is 0 Å². The van der Waals surface area contributed by atoms with Gasteiger partial charge in [-0.05, 0) is 100 Å². The Morgan fingerprint density at radius 3 is 1.86 bits per heavy atom. The molecule has 0 fully saturated rings. The van der Waals surface area contributed by atoms with Crippen molar-refractivity contribution >= 4 is 103 Å². The number of hydrogen-bond acceptors (Lipinski definition) is 4. The first-order chi connectivity index (χ1) is 27.7. The molecule has 4 heteroatoms. The number of para-hydroxylation sites is 1. The van der Waals surface area contributed by atoms with Crippen molar-refractivity contribution in [1.29, 1.82) is 0 Å². The lowest BCUT2D eigenvalue weighted by atomic mass is 9.98. The molecule has 0 aliphatic carbocycles. The highest BCUT2D eigenvalue weighted by Gasteiger charge is 2.18. The molecule has 9 aromatic carbocycles. The summed E-state index contributed by atoms with van der Waals surface area (Å²) in [7, 11) is 0. The Morgan fingerprint density at radius 1 is 0.357 bits per heavy atom. The Labute approximate surface area is 325 Å². The summed E-state index contributed by atoms with van der Waals surface area (Å²) in [6.45, 7) is 0. The summed E-state index contributed by atoms with van der Waals surface area (Å²) < 4.78 is 15.5. The smallest absolute Gasteiger partial charge is 0.143 e. The van der Waals surface area contributed by atoms with Gasteiger partial charge in [0.15, 0.2) is 0 Å². The summed E-state index contributed by atoms with van der Waals surface area (Å²) in [6.07, 6.45) is 0. The van der Waals surface area contributed by atoms with Gasteiger partial charge in [0.1, 0.15) is 22.3 Å². The van der Waals surface area contributed by atoms with Crippen molar-refractivity contribution in [3.05, 3.63) is 188 Å². The summed E-state index contributed by atoms with van der Waals surface area (Å²) >= 11 is 1.85. The maximum Gasteiger partial charge on any atom is 0.143 e. The predicted molar refractivity (Wildman–Crippen MR) is 237 cm³/mol. The van der Waals surface area contributed by atoms with Crippen LogP contribution in [-0.2, 0) is 0 Å². The van der Waals surface area contributed by atoms with E-state index in [1.54, 1.807) is 0 Å². The number of furan rings is 2. The predicted octanol–water partition coefficient (Wildman–Crippen LogP) is 15.8. The number of rotatable bonds is 5. The van der Waals surface area contributed by atoms with Crippen molar-refractivity contribution in [2.45, 2.75) is 0 Å². The Balaban J connectivity index is 0.973. The standard InChI is InChI=1S/C52H31NO2S/c1-2-9-40-33(8-1)20-27-44-51-39(12-7-14-47(51)55-52(40)44)34-18-24-37(25-19-34)53(38-26-28-42-41-10-3-5-13-46(41)54-48(42)31-38)36-22-16-32(17-23-36)35-21-29-50-45(30-35)43-11-4-6-15-49(43)56-50/h1-31H. The summed E-state index contributed by atoms with van der Waals surface area (Å²) in [5.41, 5.74) is 11.4. The van der Waals surface area contributed by atoms with E-state index in [1.807, 2.05) is 23.5 Å². The third-order valence-corrected chi connectivity index (χ3v) is 12.4. The summed E-state index contributed by atoms with van der Waals surface area (Å²) in [5, 5.41) is 9.43. The molecule has 0 amide bonds. The molecule has 0 bridgehead atoms. The topological polar surface area (TPSA) is 29.5 Å². The summed E-state index contributed by atoms with van der Waals surface area (Å²) in [5.74, 6) is 0. The molecule has 0 aliphatic rings. The lowest BCUT2D eigenvalue weighted by molar-refractivity contribution is 0.669. The maximum absolute atomic E-state index is 6.52. The molecule has 0 saturated heterocycles. The average molecular weight is 734 g/mol. The fourth-order valence-corrected chi connectivity index (χ4v) is 9.68. The van der Waals surface area contributed by atoms with Crippen LogP contribution >= 0.6 is 11.3 Å². The molecule has 56 heavy (non-hydrogen) atoms. The fraction of sp³-hybridized carbons (Fsp3) is 0. The quantitative estimate of drug-likeness (QED) is 0.176. The van der Waals surface area contributed by atoms with Gasteiger partial charge in [-0.2, -0.15) is 0 Å². The highest BCUT2D eigenvalue weighted by atomic mass is 32.1. The van der Waals surface area contributed by atoms with E-state index in [1.165, 1.54) is 36.7 Å². The first-order valence-corrected chi connectivity index (χ1v) is 19.7. The molecule has 0 radical (unpaired) electrons. The van der Waals surface area contributed by atoms with E-state index in [9.17, 15) is 0 Å². The highest BCUT2D eigenvalue weighted by Crippen LogP contribution is 2.43. The van der Waals surface area contributed by atoms with Crippen LogP contribution in [0.1, 0.15) is 0 Å². The third-order valence-electron chi connectivity index (χ3n) is 11.3. The number of hydrogen-bond donors (Lipinski definition) is 0. The zero-order valence-electron chi connectivity index (χ0n) is 30.1. The minimum Gasteiger partial charge on any atom is -0.456 e. The lowest BCUT2D eigenvalue weighted by Crippen LogP contribution is -2.09. The third kappa shape index (κ3) is 4.83. The van der Waals surface area contributed by atoms with Crippen LogP contribution in [0.5, 0.6) is 0 Å². The monoisotopic (exact) mass is 733 g/mol. The molecule has 0 saturated carbocycles. The number of fused-ring (bicyclic) bond motifs is 11. The van der Waals surface area contributed by atoms with E-state index in [0.29, 0.717) is 0 Å². The lowest BCUT2D eigenvalue weighted by Gasteiger charge is -2.26. The van der Waals surface area contributed by atoms with E-state index >= 15 is 0 Å². The van der Waals surface area contributed by atoms with E-state index in [-0.39, 0.29) is 0 Å². The number of thiophene rings is 1. The molecule has 0 N–H and O–H groups in total. The van der Waals surface area contributed by atoms with Crippen LogP contribution in [0.4, 0.5) is 17.1 Å². The van der Waals surface area contributed by atoms with E-state index < -0.39 is 0 Å². The van der Waals surface area contributed by atoms with Crippen molar-refractivity contribution in [2.24, 2.45) is 0 Å². The molecule has 3 nitrogen and oxygen atoms in total. The SMILES string of the molecule is c1ccc2c(c1)ccc1c2oc2cccc(-c3ccc(N(c4ccc(-c5ccc6sc7ccccc7c6c5)cc4)c4ccc5c(c4)oc4ccccc45)cc3)c21. The largest absolute Gasteiger partial charge is 0.456 e. The van der Waals surface area contributed by atoms with Crippen molar-refractivity contribution in [3.63, 3.8) is 0 Å². The van der Waals surface area contributed by atoms with Crippen molar-refractivity contribution in [1.82, 2.24) is 0 Å². The van der Waals surface area contributed by atoms with Crippen LogP contribution in [0.15, 0.2) is 197 Å². The fourth-order valence-electron chi connectivity index (χ4n) is 8.59. The summed E-state index contributed by atoms with van der Waals surface area (Å²) in [6, 6.07) is 67.3. The number of nitrogens with zero attached hydrogens (tertiary/aromatic N) is 1. The van der Waals surface area contributed by atoms with Crippen molar-refractivity contribution in [3.8, 4) is 22.3 Å². The maximum atomic E-state index is 6.52. The van der Waals surface area contributed by atoms with Gasteiger partial charge in [0.25, 0.3) is 0 Å². The van der Waals surface area contributed by atoms with Crippen LogP contribution in [0, 0.1) is 0 Å². The minimum atomic E-state index is 0.865. The van der Waals surface area contributed by atoms with Gasteiger partial charge in [-0.1, -0.05) is 109 Å². The molecule has 0 aliphatic heterocycles. The Kier molecular flexibility index (Phi) is 6.80. The minimum absolute atomic E-state index is 0.865. The highest BCUT2D eigenvalue weighted by molar-refractivity contribution is 7.25. The van der Waals surface area contributed by atoms with Gasteiger partial charge in [-0.25, -0.2) is 0 Å².